The fourth-order valence-electron chi connectivity index (χ4n) is 5.29. The summed E-state index contributed by atoms with van der Waals surface area (Å²) in [6.07, 6.45) is -0.234. The van der Waals surface area contributed by atoms with E-state index >= 15 is 0 Å². The maximum Gasteiger partial charge on any atom is 0.387 e. The molecular weight excluding hydrogens is 494 g/mol. The highest BCUT2D eigenvalue weighted by atomic mass is 19.3. The molecule has 1 aliphatic carbocycles. The fourth-order valence-corrected chi connectivity index (χ4v) is 5.29. The van der Waals surface area contributed by atoms with Crippen LogP contribution in [0.3, 0.4) is 0 Å². The summed E-state index contributed by atoms with van der Waals surface area (Å²) in [5.41, 5.74) is 4.04. The summed E-state index contributed by atoms with van der Waals surface area (Å²) in [7, 11) is 1.66. The van der Waals surface area contributed by atoms with Crippen LogP contribution in [0.1, 0.15) is 57.5 Å². The van der Waals surface area contributed by atoms with Crippen molar-refractivity contribution in [2.75, 3.05) is 7.05 Å². The molecule has 12 heteroatoms. The van der Waals surface area contributed by atoms with E-state index in [0.717, 1.165) is 5.56 Å². The van der Waals surface area contributed by atoms with Gasteiger partial charge in [-0.3, -0.25) is 4.79 Å². The smallest absolute Gasteiger partial charge is 0.387 e. The monoisotopic (exact) mass is 513 g/mol. The van der Waals surface area contributed by atoms with Crippen molar-refractivity contribution in [3.8, 4) is 16.9 Å². The number of hydrogen-bond donors (Lipinski definition) is 1. The summed E-state index contributed by atoms with van der Waals surface area (Å²) in [6.45, 7) is -3.05. The maximum absolute atomic E-state index is 13.3. The predicted octanol–water partition coefficient (Wildman–Crippen LogP) is 4.35. The number of rotatable bonds is 5. The molecule has 4 heterocycles. The summed E-state index contributed by atoms with van der Waals surface area (Å²) in [5, 5.41) is 14.2. The van der Waals surface area contributed by atoms with Gasteiger partial charge in [-0.1, -0.05) is 6.07 Å². The summed E-state index contributed by atoms with van der Waals surface area (Å²) in [5.74, 6) is -1.16. The number of hydrogen-bond acceptors (Lipinski definition) is 6. The molecule has 1 aromatic carbocycles. The normalized spacial score (nSPS) is 19.4. The molecule has 8 nitrogen and oxygen atoms in total. The van der Waals surface area contributed by atoms with E-state index in [-0.39, 0.29) is 23.5 Å². The van der Waals surface area contributed by atoms with E-state index in [4.69, 9.17) is 9.84 Å². The summed E-state index contributed by atoms with van der Waals surface area (Å²) in [4.78, 5) is 22.5. The fraction of sp³-hybridized carbons (Fsp3) is 0.280. The second-order valence-corrected chi connectivity index (χ2v) is 8.97. The van der Waals surface area contributed by atoms with Crippen LogP contribution in [-0.2, 0) is 0 Å². The Morgan fingerprint density at radius 3 is 2.54 bits per heavy atom. The zero-order chi connectivity index (χ0) is 26.0. The van der Waals surface area contributed by atoms with Crippen molar-refractivity contribution in [3.05, 3.63) is 77.1 Å². The quantitative estimate of drug-likeness (QED) is 0.399. The Hall–Kier alpha value is -4.06. The molecule has 6 rings (SSSR count). The first kappa shape index (κ1) is 23.3. The summed E-state index contributed by atoms with van der Waals surface area (Å²) < 4.78 is 58.6. The standard InChI is InChI=1S/C25H19F4N5O3/c1-33-16-8-14(18-13(24(33)36)3-2-4-17(18)37-25(28)29)19-15-7-11(5-6-34(15)32-20(16)19)12-9-30-23(31-10-12)21(35)22(26)27/h2-7,9-10,14,16,21-22,25,35H,8H2,1H3/t14-,16-,21+/m1/s1. The lowest BCUT2D eigenvalue weighted by molar-refractivity contribution is -0.0505. The van der Waals surface area contributed by atoms with Crippen LogP contribution in [0.4, 0.5) is 17.6 Å². The Morgan fingerprint density at radius 2 is 1.84 bits per heavy atom. The van der Waals surface area contributed by atoms with Crippen LogP contribution in [0.15, 0.2) is 48.9 Å². The van der Waals surface area contributed by atoms with Gasteiger partial charge >= 0.3 is 6.61 Å². The Balaban J connectivity index is 1.49. The van der Waals surface area contributed by atoms with Gasteiger partial charge in [0.15, 0.2) is 11.9 Å². The van der Waals surface area contributed by atoms with Crippen LogP contribution < -0.4 is 4.74 Å². The first-order valence-electron chi connectivity index (χ1n) is 11.4. The maximum atomic E-state index is 13.3. The van der Waals surface area contributed by atoms with Gasteiger partial charge in [-0.05, 0) is 36.2 Å². The van der Waals surface area contributed by atoms with Gasteiger partial charge in [-0.2, -0.15) is 13.9 Å². The highest BCUT2D eigenvalue weighted by Crippen LogP contribution is 2.53. The largest absolute Gasteiger partial charge is 0.434 e. The molecule has 190 valence electrons. The second kappa shape index (κ2) is 8.51. The summed E-state index contributed by atoms with van der Waals surface area (Å²) >= 11 is 0. The number of alkyl halides is 4. The third-order valence-corrected chi connectivity index (χ3v) is 6.98. The molecule has 37 heavy (non-hydrogen) atoms. The average Bonchev–Trinajstić information content (AvgIpc) is 3.41. The number of aromatic nitrogens is 4. The predicted molar refractivity (Wildman–Crippen MR) is 122 cm³/mol. The Morgan fingerprint density at radius 1 is 1.08 bits per heavy atom. The lowest BCUT2D eigenvalue weighted by atomic mass is 9.88. The van der Waals surface area contributed by atoms with Gasteiger partial charge < -0.3 is 14.7 Å². The van der Waals surface area contributed by atoms with Gasteiger partial charge in [0.05, 0.1) is 17.3 Å². The molecule has 0 saturated heterocycles. The Bertz CT molecular complexity index is 1530. The van der Waals surface area contributed by atoms with Crippen molar-refractivity contribution in [1.29, 1.82) is 0 Å². The molecule has 0 unspecified atom stereocenters. The van der Waals surface area contributed by atoms with E-state index in [1.165, 1.54) is 24.5 Å². The number of aliphatic hydroxyl groups is 1. The van der Waals surface area contributed by atoms with Crippen molar-refractivity contribution in [2.45, 2.75) is 37.5 Å². The zero-order valence-electron chi connectivity index (χ0n) is 19.2. The van der Waals surface area contributed by atoms with Crippen molar-refractivity contribution in [2.24, 2.45) is 0 Å². The number of amides is 1. The van der Waals surface area contributed by atoms with Crippen molar-refractivity contribution in [1.82, 2.24) is 24.5 Å². The van der Waals surface area contributed by atoms with Gasteiger partial charge in [0, 0.05) is 53.8 Å². The lowest BCUT2D eigenvalue weighted by Crippen LogP contribution is -2.30. The van der Waals surface area contributed by atoms with Crippen LogP contribution >= 0.6 is 0 Å². The third-order valence-electron chi connectivity index (χ3n) is 6.98. The molecule has 1 amide bonds. The molecule has 1 aliphatic heterocycles. The van der Waals surface area contributed by atoms with E-state index in [2.05, 4.69) is 9.97 Å². The molecule has 3 aromatic heterocycles. The number of fused-ring (bicyclic) bond motifs is 9. The molecular formula is C25H19F4N5O3. The van der Waals surface area contributed by atoms with E-state index in [1.54, 1.807) is 34.8 Å². The van der Waals surface area contributed by atoms with E-state index in [9.17, 15) is 27.5 Å². The van der Waals surface area contributed by atoms with Crippen LogP contribution in [0.2, 0.25) is 0 Å². The van der Waals surface area contributed by atoms with Gasteiger partial charge in [0.25, 0.3) is 12.3 Å². The molecule has 2 aliphatic rings. The zero-order valence-corrected chi connectivity index (χ0v) is 19.2. The lowest BCUT2D eigenvalue weighted by Gasteiger charge is -2.23. The van der Waals surface area contributed by atoms with Gasteiger partial charge in [0.2, 0.25) is 0 Å². The highest BCUT2D eigenvalue weighted by molar-refractivity contribution is 5.98. The van der Waals surface area contributed by atoms with Crippen molar-refractivity contribution in [3.63, 3.8) is 0 Å². The van der Waals surface area contributed by atoms with E-state index in [1.807, 2.05) is 6.07 Å². The van der Waals surface area contributed by atoms with Crippen molar-refractivity contribution < 1.29 is 32.2 Å². The number of carbonyl (C=O) groups is 1. The first-order valence-corrected chi connectivity index (χ1v) is 11.4. The molecule has 0 fully saturated rings. The first-order chi connectivity index (χ1) is 17.7. The number of halogens is 4. The highest BCUT2D eigenvalue weighted by Gasteiger charge is 2.46. The molecule has 4 aromatic rings. The molecule has 0 spiro atoms. The molecule has 3 atom stereocenters. The minimum absolute atomic E-state index is 0.0511. The van der Waals surface area contributed by atoms with Crippen LogP contribution in [0.5, 0.6) is 5.75 Å². The van der Waals surface area contributed by atoms with Crippen LogP contribution in [0, 0.1) is 0 Å². The van der Waals surface area contributed by atoms with Gasteiger partial charge in [-0.15, -0.1) is 0 Å². The van der Waals surface area contributed by atoms with E-state index < -0.39 is 25.1 Å². The summed E-state index contributed by atoms with van der Waals surface area (Å²) in [6, 6.07) is 7.76. The Kier molecular flexibility index (Phi) is 5.37. The van der Waals surface area contributed by atoms with Gasteiger partial charge in [-0.25, -0.2) is 23.3 Å². The topological polar surface area (TPSA) is 92.9 Å². The number of carbonyl (C=O) groups excluding carboxylic acids is 1. The number of benzene rings is 1. The third kappa shape index (κ3) is 3.62. The van der Waals surface area contributed by atoms with E-state index in [0.29, 0.717) is 39.9 Å². The number of ether oxygens (including phenoxy) is 1. The minimum Gasteiger partial charge on any atom is -0.434 e. The molecule has 0 radical (unpaired) electrons. The molecule has 1 N–H and O–H groups in total. The SMILES string of the molecule is CN1C(=O)c2cccc(OC(F)F)c2[C@H]2C[C@@H]1c1nn3ccc(-c4cnc([C@@H](O)C(F)F)nc4)cc3c12. The van der Waals surface area contributed by atoms with Crippen LogP contribution in [-0.4, -0.2) is 55.6 Å². The minimum atomic E-state index is -3.05. The molecule has 2 bridgehead atoms. The number of aliphatic hydroxyl groups excluding tert-OH is 1. The molecule has 0 saturated carbocycles. The van der Waals surface area contributed by atoms with Crippen LogP contribution in [0.25, 0.3) is 16.6 Å². The Labute approximate surface area is 207 Å². The number of pyridine rings is 1. The number of nitrogens with zero attached hydrogens (tertiary/aromatic N) is 5. The average molecular weight is 513 g/mol. The second-order valence-electron chi connectivity index (χ2n) is 8.97. The van der Waals surface area contributed by atoms with Crippen molar-refractivity contribution >= 4 is 11.4 Å². The van der Waals surface area contributed by atoms with Gasteiger partial charge in [0.1, 0.15) is 5.75 Å².